The molecule has 1 aliphatic heterocycles. The number of hydrogen-bond acceptors (Lipinski definition) is 2. The van der Waals surface area contributed by atoms with Crippen molar-refractivity contribution in [2.24, 2.45) is 5.92 Å². The van der Waals surface area contributed by atoms with Crippen LogP contribution in [0.1, 0.15) is 64.7 Å². The maximum atomic E-state index is 5.97. The molecular weight excluding hydrogens is 200 g/mol. The predicted molar refractivity (Wildman–Crippen MR) is 65.3 cm³/mol. The molecule has 2 heteroatoms. The molecule has 2 unspecified atom stereocenters. The molecule has 0 bridgehead atoms. The lowest BCUT2D eigenvalue weighted by atomic mass is 9.85. The molecule has 16 heavy (non-hydrogen) atoms. The highest BCUT2D eigenvalue weighted by atomic mass is 16.7. The van der Waals surface area contributed by atoms with Crippen molar-refractivity contribution in [2.75, 3.05) is 6.61 Å². The van der Waals surface area contributed by atoms with Crippen molar-refractivity contribution in [3.05, 3.63) is 0 Å². The minimum atomic E-state index is 0.0901. The van der Waals surface area contributed by atoms with Gasteiger partial charge in [-0.3, -0.25) is 0 Å². The van der Waals surface area contributed by atoms with E-state index in [0.29, 0.717) is 6.10 Å². The average molecular weight is 226 g/mol. The van der Waals surface area contributed by atoms with Gasteiger partial charge in [-0.1, -0.05) is 32.1 Å². The van der Waals surface area contributed by atoms with Crippen molar-refractivity contribution >= 4 is 0 Å². The summed E-state index contributed by atoms with van der Waals surface area (Å²) in [7, 11) is 0. The highest BCUT2D eigenvalue weighted by molar-refractivity contribution is 4.69. The molecule has 2 fully saturated rings. The fraction of sp³-hybridized carbons (Fsp3) is 1.00. The van der Waals surface area contributed by atoms with Gasteiger partial charge in [0, 0.05) is 6.61 Å². The highest BCUT2D eigenvalue weighted by Crippen LogP contribution is 2.28. The first-order chi connectivity index (χ1) is 7.84. The topological polar surface area (TPSA) is 18.5 Å². The van der Waals surface area contributed by atoms with Gasteiger partial charge in [-0.2, -0.15) is 0 Å². The van der Waals surface area contributed by atoms with Gasteiger partial charge >= 0.3 is 0 Å². The van der Waals surface area contributed by atoms with E-state index >= 15 is 0 Å². The lowest BCUT2D eigenvalue weighted by Gasteiger charge is -2.29. The maximum absolute atomic E-state index is 5.97. The van der Waals surface area contributed by atoms with Crippen LogP contribution in [0.2, 0.25) is 0 Å². The first-order valence-electron chi connectivity index (χ1n) is 7.11. The molecule has 2 rings (SSSR count). The third-order valence-corrected chi connectivity index (χ3v) is 3.91. The van der Waals surface area contributed by atoms with Crippen molar-refractivity contribution < 1.29 is 9.47 Å². The standard InChI is InChI=1S/C14H26O2/c1-12(11-13-7-3-2-4-8-13)16-14-9-5-6-10-15-14/h12-14H,2-11H2,1H3. The molecule has 94 valence electrons. The Bertz CT molecular complexity index is 161. The van der Waals surface area contributed by atoms with Gasteiger partial charge in [-0.05, 0) is 38.5 Å². The fourth-order valence-corrected chi connectivity index (χ4v) is 3.03. The van der Waals surface area contributed by atoms with Crippen LogP contribution in [0.3, 0.4) is 0 Å². The van der Waals surface area contributed by atoms with E-state index in [-0.39, 0.29) is 6.29 Å². The molecule has 1 aliphatic carbocycles. The van der Waals surface area contributed by atoms with Crippen molar-refractivity contribution in [2.45, 2.75) is 77.1 Å². The van der Waals surface area contributed by atoms with Gasteiger partial charge < -0.3 is 9.47 Å². The van der Waals surface area contributed by atoms with E-state index in [2.05, 4.69) is 6.92 Å². The minimum Gasteiger partial charge on any atom is -0.353 e. The predicted octanol–water partition coefficient (Wildman–Crippen LogP) is 3.89. The maximum Gasteiger partial charge on any atom is 0.157 e. The molecular formula is C14H26O2. The molecule has 2 nitrogen and oxygen atoms in total. The van der Waals surface area contributed by atoms with Crippen LogP contribution in [-0.4, -0.2) is 19.0 Å². The van der Waals surface area contributed by atoms with E-state index in [1.165, 1.54) is 51.4 Å². The zero-order valence-corrected chi connectivity index (χ0v) is 10.6. The zero-order chi connectivity index (χ0) is 11.2. The van der Waals surface area contributed by atoms with Crippen LogP contribution in [0.25, 0.3) is 0 Å². The molecule has 0 amide bonds. The van der Waals surface area contributed by atoms with Crippen LogP contribution >= 0.6 is 0 Å². The summed E-state index contributed by atoms with van der Waals surface area (Å²) in [5.74, 6) is 0.910. The Morgan fingerprint density at radius 3 is 2.50 bits per heavy atom. The molecule has 2 aliphatic rings. The molecule has 0 radical (unpaired) electrons. The summed E-state index contributed by atoms with van der Waals surface area (Å²) in [6, 6.07) is 0. The lowest BCUT2D eigenvalue weighted by Crippen LogP contribution is -2.28. The Kier molecular flexibility index (Phi) is 5.11. The third-order valence-electron chi connectivity index (χ3n) is 3.91. The minimum absolute atomic E-state index is 0.0901. The average Bonchev–Trinajstić information content (AvgIpc) is 2.31. The Balaban J connectivity index is 1.64. The Morgan fingerprint density at radius 2 is 1.81 bits per heavy atom. The van der Waals surface area contributed by atoms with Crippen molar-refractivity contribution in [3.63, 3.8) is 0 Å². The quantitative estimate of drug-likeness (QED) is 0.724. The molecule has 1 heterocycles. The fourth-order valence-electron chi connectivity index (χ4n) is 3.03. The Morgan fingerprint density at radius 1 is 1.06 bits per heavy atom. The number of hydrogen-bond donors (Lipinski definition) is 0. The summed E-state index contributed by atoms with van der Waals surface area (Å²) in [6.07, 6.45) is 12.4. The Labute approximate surface area is 99.7 Å². The molecule has 0 aromatic carbocycles. The second-order valence-electron chi connectivity index (χ2n) is 5.48. The summed E-state index contributed by atoms with van der Waals surface area (Å²) < 4.78 is 11.6. The summed E-state index contributed by atoms with van der Waals surface area (Å²) in [6.45, 7) is 3.10. The van der Waals surface area contributed by atoms with E-state index in [1.54, 1.807) is 0 Å². The van der Waals surface area contributed by atoms with Crippen LogP contribution in [0.15, 0.2) is 0 Å². The molecule has 0 aromatic heterocycles. The van der Waals surface area contributed by atoms with Crippen LogP contribution < -0.4 is 0 Å². The summed E-state index contributed by atoms with van der Waals surface area (Å²) >= 11 is 0. The van der Waals surface area contributed by atoms with E-state index in [0.717, 1.165) is 18.9 Å². The molecule has 0 aromatic rings. The van der Waals surface area contributed by atoms with Gasteiger partial charge in [0.15, 0.2) is 6.29 Å². The van der Waals surface area contributed by atoms with Crippen molar-refractivity contribution in [1.29, 1.82) is 0 Å². The van der Waals surface area contributed by atoms with Gasteiger partial charge in [-0.15, -0.1) is 0 Å². The highest BCUT2D eigenvalue weighted by Gasteiger charge is 2.21. The second kappa shape index (κ2) is 6.61. The monoisotopic (exact) mass is 226 g/mol. The third kappa shape index (κ3) is 4.06. The first-order valence-corrected chi connectivity index (χ1v) is 7.11. The van der Waals surface area contributed by atoms with Crippen LogP contribution in [-0.2, 0) is 9.47 Å². The SMILES string of the molecule is CC(CC1CCCCC1)OC1CCCCO1. The smallest absolute Gasteiger partial charge is 0.157 e. The molecule has 2 atom stereocenters. The summed E-state index contributed by atoms with van der Waals surface area (Å²) in [4.78, 5) is 0. The van der Waals surface area contributed by atoms with Crippen LogP contribution in [0.5, 0.6) is 0 Å². The number of ether oxygens (including phenoxy) is 2. The van der Waals surface area contributed by atoms with E-state index in [1.807, 2.05) is 0 Å². The van der Waals surface area contributed by atoms with E-state index in [9.17, 15) is 0 Å². The largest absolute Gasteiger partial charge is 0.353 e. The van der Waals surface area contributed by atoms with Gasteiger partial charge in [-0.25, -0.2) is 0 Å². The van der Waals surface area contributed by atoms with E-state index < -0.39 is 0 Å². The summed E-state index contributed by atoms with van der Waals surface area (Å²) in [5.41, 5.74) is 0. The van der Waals surface area contributed by atoms with Gasteiger partial charge in [0.25, 0.3) is 0 Å². The van der Waals surface area contributed by atoms with Crippen LogP contribution in [0, 0.1) is 5.92 Å². The molecule has 1 saturated carbocycles. The van der Waals surface area contributed by atoms with Crippen molar-refractivity contribution in [1.82, 2.24) is 0 Å². The van der Waals surface area contributed by atoms with E-state index in [4.69, 9.17) is 9.47 Å². The van der Waals surface area contributed by atoms with Gasteiger partial charge in [0.05, 0.1) is 6.10 Å². The van der Waals surface area contributed by atoms with Gasteiger partial charge in [0.1, 0.15) is 0 Å². The normalized spacial score (nSPS) is 30.2. The summed E-state index contributed by atoms with van der Waals surface area (Å²) in [5, 5.41) is 0. The second-order valence-corrected chi connectivity index (χ2v) is 5.48. The lowest BCUT2D eigenvalue weighted by molar-refractivity contribution is -0.187. The number of rotatable bonds is 4. The first kappa shape index (κ1) is 12.4. The Hall–Kier alpha value is -0.0800. The zero-order valence-electron chi connectivity index (χ0n) is 10.6. The van der Waals surface area contributed by atoms with Crippen molar-refractivity contribution in [3.8, 4) is 0 Å². The van der Waals surface area contributed by atoms with Gasteiger partial charge in [0.2, 0.25) is 0 Å². The van der Waals surface area contributed by atoms with Crippen LogP contribution in [0.4, 0.5) is 0 Å². The molecule has 0 N–H and O–H groups in total. The molecule has 1 saturated heterocycles. The molecule has 0 spiro atoms.